The number of anilines is 2. The number of Topliss-reactive ketones (excluding diaryl/α,β-unsaturated/α-hetero) is 1. The lowest BCUT2D eigenvalue weighted by Crippen LogP contribution is -2.18. The standard InChI is InChI=1S/C14H20N4OS2/c1-5-9(19)12-11(15)13(20-4)14(21-12)18(3)8-10-16-6-7-17(10)2/h6-7H,5,8,15H2,1-4H3. The number of thioether (sulfide) groups is 1. The molecule has 2 rings (SSSR count). The van der Waals surface area contributed by atoms with Crippen LogP contribution in [0.4, 0.5) is 10.7 Å². The second-order valence-electron chi connectivity index (χ2n) is 4.77. The number of rotatable bonds is 6. The Bertz CT molecular complexity index is 647. The first-order valence-electron chi connectivity index (χ1n) is 6.66. The van der Waals surface area contributed by atoms with Crippen molar-refractivity contribution in [2.24, 2.45) is 7.05 Å². The highest BCUT2D eigenvalue weighted by Gasteiger charge is 2.22. The van der Waals surface area contributed by atoms with E-state index in [9.17, 15) is 4.79 Å². The van der Waals surface area contributed by atoms with E-state index in [1.165, 1.54) is 11.3 Å². The third-order valence-corrected chi connectivity index (χ3v) is 5.62. The zero-order chi connectivity index (χ0) is 15.6. The summed E-state index contributed by atoms with van der Waals surface area (Å²) < 4.78 is 1.99. The lowest BCUT2D eigenvalue weighted by atomic mass is 10.2. The molecule has 0 atom stereocenters. The topological polar surface area (TPSA) is 64.2 Å². The fraction of sp³-hybridized carbons (Fsp3) is 0.429. The molecule has 0 aliphatic heterocycles. The number of hydrogen-bond donors (Lipinski definition) is 1. The summed E-state index contributed by atoms with van der Waals surface area (Å²) in [7, 11) is 3.97. The molecule has 0 unspecified atom stereocenters. The molecular formula is C14H20N4OS2. The maximum atomic E-state index is 12.0. The molecule has 0 saturated carbocycles. The number of nitrogens with two attached hydrogens (primary N) is 1. The van der Waals surface area contributed by atoms with Crippen molar-refractivity contribution in [1.29, 1.82) is 0 Å². The van der Waals surface area contributed by atoms with Gasteiger partial charge in [-0.15, -0.1) is 23.1 Å². The Labute approximate surface area is 133 Å². The average molecular weight is 324 g/mol. The first-order chi connectivity index (χ1) is 9.99. The van der Waals surface area contributed by atoms with Gasteiger partial charge >= 0.3 is 0 Å². The Kier molecular flexibility index (Phi) is 4.95. The van der Waals surface area contributed by atoms with Crippen molar-refractivity contribution in [2.75, 3.05) is 23.9 Å². The summed E-state index contributed by atoms with van der Waals surface area (Å²) in [4.78, 5) is 20.1. The number of aryl methyl sites for hydroxylation is 1. The quantitative estimate of drug-likeness (QED) is 0.653. The highest BCUT2D eigenvalue weighted by atomic mass is 32.2. The van der Waals surface area contributed by atoms with Crippen LogP contribution in [-0.4, -0.2) is 28.6 Å². The van der Waals surface area contributed by atoms with Crippen molar-refractivity contribution in [1.82, 2.24) is 9.55 Å². The van der Waals surface area contributed by atoms with E-state index in [1.807, 2.05) is 38.0 Å². The van der Waals surface area contributed by atoms with Crippen molar-refractivity contribution in [3.05, 3.63) is 23.1 Å². The van der Waals surface area contributed by atoms with E-state index < -0.39 is 0 Å². The molecule has 2 heterocycles. The van der Waals surface area contributed by atoms with Gasteiger partial charge < -0.3 is 15.2 Å². The fourth-order valence-electron chi connectivity index (χ4n) is 2.07. The molecule has 5 nitrogen and oxygen atoms in total. The monoisotopic (exact) mass is 324 g/mol. The number of thiophene rings is 1. The van der Waals surface area contributed by atoms with E-state index in [2.05, 4.69) is 9.88 Å². The lowest BCUT2D eigenvalue weighted by molar-refractivity contribution is 0.0992. The molecule has 0 amide bonds. The Morgan fingerprint density at radius 3 is 2.81 bits per heavy atom. The minimum absolute atomic E-state index is 0.101. The van der Waals surface area contributed by atoms with Crippen LogP contribution < -0.4 is 10.6 Å². The smallest absolute Gasteiger partial charge is 0.174 e. The molecule has 0 spiro atoms. The number of nitrogen functional groups attached to an aromatic ring is 1. The van der Waals surface area contributed by atoms with Crippen molar-refractivity contribution in [2.45, 2.75) is 24.8 Å². The second-order valence-corrected chi connectivity index (χ2v) is 6.59. The summed E-state index contributed by atoms with van der Waals surface area (Å²) >= 11 is 3.05. The van der Waals surface area contributed by atoms with Crippen molar-refractivity contribution in [3.63, 3.8) is 0 Å². The zero-order valence-corrected chi connectivity index (χ0v) is 14.3. The highest BCUT2D eigenvalue weighted by Crippen LogP contribution is 2.44. The number of carbonyl (C=O) groups excluding carboxylic acids is 1. The van der Waals surface area contributed by atoms with Crippen LogP contribution in [0.1, 0.15) is 28.8 Å². The minimum Gasteiger partial charge on any atom is -0.396 e. The molecule has 114 valence electrons. The van der Waals surface area contributed by atoms with E-state index in [-0.39, 0.29) is 5.78 Å². The Hall–Kier alpha value is -1.47. The zero-order valence-electron chi connectivity index (χ0n) is 12.7. The molecule has 2 N–H and O–H groups in total. The van der Waals surface area contributed by atoms with Crippen LogP contribution in [0.5, 0.6) is 0 Å². The minimum atomic E-state index is 0.101. The molecule has 0 radical (unpaired) electrons. The molecule has 2 aromatic heterocycles. The number of nitrogens with zero attached hydrogens (tertiary/aromatic N) is 3. The van der Waals surface area contributed by atoms with E-state index >= 15 is 0 Å². The first kappa shape index (κ1) is 15.9. The first-order valence-corrected chi connectivity index (χ1v) is 8.70. The fourth-order valence-corrected chi connectivity index (χ4v) is 4.24. The third-order valence-electron chi connectivity index (χ3n) is 3.31. The number of ketones is 1. The number of imidazole rings is 1. The van der Waals surface area contributed by atoms with Crippen LogP contribution in [0.2, 0.25) is 0 Å². The second kappa shape index (κ2) is 6.53. The molecule has 0 bridgehead atoms. The van der Waals surface area contributed by atoms with Crippen LogP contribution in [0, 0.1) is 0 Å². The van der Waals surface area contributed by atoms with Crippen LogP contribution in [0.3, 0.4) is 0 Å². The van der Waals surface area contributed by atoms with E-state index in [0.29, 0.717) is 23.5 Å². The van der Waals surface area contributed by atoms with Gasteiger partial charge in [0.1, 0.15) is 10.8 Å². The van der Waals surface area contributed by atoms with Gasteiger partial charge in [0.15, 0.2) is 5.78 Å². The Morgan fingerprint density at radius 2 is 2.29 bits per heavy atom. The Balaban J connectivity index is 2.34. The molecule has 0 aromatic carbocycles. The molecule has 2 aromatic rings. The van der Waals surface area contributed by atoms with E-state index in [1.54, 1.807) is 18.0 Å². The normalized spacial score (nSPS) is 10.9. The largest absolute Gasteiger partial charge is 0.396 e. The van der Waals surface area contributed by atoms with E-state index in [4.69, 9.17) is 5.73 Å². The van der Waals surface area contributed by atoms with Crippen molar-refractivity contribution in [3.8, 4) is 0 Å². The lowest BCUT2D eigenvalue weighted by Gasteiger charge is -2.18. The SMILES string of the molecule is CCC(=O)c1sc(N(C)Cc2nccn2C)c(SC)c1N. The maximum absolute atomic E-state index is 12.0. The van der Waals surface area contributed by atoms with Crippen molar-refractivity contribution >= 4 is 39.6 Å². The average Bonchev–Trinajstić information content (AvgIpc) is 3.02. The summed E-state index contributed by atoms with van der Waals surface area (Å²) in [5.74, 6) is 1.07. The van der Waals surface area contributed by atoms with Crippen LogP contribution in [-0.2, 0) is 13.6 Å². The van der Waals surface area contributed by atoms with Gasteiger partial charge in [-0.2, -0.15) is 0 Å². The van der Waals surface area contributed by atoms with Crippen LogP contribution in [0.25, 0.3) is 0 Å². The van der Waals surface area contributed by atoms with Gasteiger partial charge in [-0.05, 0) is 6.26 Å². The molecular weight excluding hydrogens is 304 g/mol. The number of aromatic nitrogens is 2. The highest BCUT2D eigenvalue weighted by molar-refractivity contribution is 7.99. The molecule has 0 saturated heterocycles. The third kappa shape index (κ3) is 3.08. The Morgan fingerprint density at radius 1 is 1.57 bits per heavy atom. The van der Waals surface area contributed by atoms with Gasteiger partial charge in [0.05, 0.1) is 22.0 Å². The van der Waals surface area contributed by atoms with Gasteiger partial charge in [0.2, 0.25) is 0 Å². The van der Waals surface area contributed by atoms with Crippen LogP contribution >= 0.6 is 23.1 Å². The summed E-state index contributed by atoms with van der Waals surface area (Å²) in [5, 5.41) is 1.03. The molecule has 0 aliphatic carbocycles. The van der Waals surface area contributed by atoms with Gasteiger partial charge in [-0.25, -0.2) is 4.98 Å². The van der Waals surface area contributed by atoms with Crippen LogP contribution in [0.15, 0.2) is 17.3 Å². The summed E-state index contributed by atoms with van der Waals surface area (Å²) in [6.45, 7) is 2.54. The summed E-state index contributed by atoms with van der Waals surface area (Å²) in [6, 6.07) is 0. The predicted octanol–water partition coefficient (Wildman–Crippen LogP) is 3.01. The summed E-state index contributed by atoms with van der Waals surface area (Å²) in [5.41, 5.74) is 6.77. The van der Waals surface area contributed by atoms with Gasteiger partial charge in [0, 0.05) is 32.9 Å². The molecule has 7 heteroatoms. The predicted molar refractivity (Wildman–Crippen MR) is 90.4 cm³/mol. The number of hydrogen-bond acceptors (Lipinski definition) is 6. The molecule has 0 aliphatic rings. The number of carbonyl (C=O) groups is 1. The van der Waals surface area contributed by atoms with E-state index in [0.717, 1.165) is 15.7 Å². The summed E-state index contributed by atoms with van der Waals surface area (Å²) in [6.07, 6.45) is 6.17. The van der Waals surface area contributed by atoms with Gasteiger partial charge in [0.25, 0.3) is 0 Å². The van der Waals surface area contributed by atoms with Gasteiger partial charge in [-0.3, -0.25) is 4.79 Å². The maximum Gasteiger partial charge on any atom is 0.174 e. The molecule has 21 heavy (non-hydrogen) atoms. The van der Waals surface area contributed by atoms with Gasteiger partial charge in [-0.1, -0.05) is 6.92 Å². The van der Waals surface area contributed by atoms with Crippen molar-refractivity contribution < 1.29 is 4.79 Å². The molecule has 0 fully saturated rings.